The molecule has 1 aromatic heterocycles. The van der Waals surface area contributed by atoms with Crippen molar-refractivity contribution in [1.82, 2.24) is 20.2 Å². The van der Waals surface area contributed by atoms with Gasteiger partial charge in [0.15, 0.2) is 5.13 Å². The summed E-state index contributed by atoms with van der Waals surface area (Å²) < 4.78 is 0.772. The highest BCUT2D eigenvalue weighted by molar-refractivity contribution is 7.22. The molecule has 0 spiro atoms. The zero-order valence-electron chi connectivity index (χ0n) is 21.6. The van der Waals surface area contributed by atoms with Gasteiger partial charge >= 0.3 is 12.0 Å². The second-order valence-electron chi connectivity index (χ2n) is 9.56. The number of nitrogens with zero attached hydrogens (tertiary/aromatic N) is 4. The Morgan fingerprint density at radius 2 is 2.05 bits per heavy atom. The molecule has 1 saturated heterocycles. The molecule has 37 heavy (non-hydrogen) atoms. The predicted octanol–water partition coefficient (Wildman–Crippen LogP) is 2.91. The summed E-state index contributed by atoms with van der Waals surface area (Å²) in [6, 6.07) is 3.46. The van der Waals surface area contributed by atoms with E-state index in [4.69, 9.17) is 16.7 Å². The molecule has 7 N–H and O–H groups in total. The monoisotopic (exact) mass is 529 g/mol. The Bertz CT molecular complexity index is 1220. The number of aromatic nitrogens is 1. The number of urea groups is 1. The van der Waals surface area contributed by atoms with Crippen molar-refractivity contribution in [3.05, 3.63) is 23.3 Å². The third kappa shape index (κ3) is 6.87. The number of hydrazine groups is 1. The van der Waals surface area contributed by atoms with Gasteiger partial charge in [0.1, 0.15) is 0 Å². The molecule has 1 fully saturated rings. The smallest absolute Gasteiger partial charge is 0.321 e. The molecule has 0 saturated carbocycles. The fourth-order valence-corrected chi connectivity index (χ4v) is 4.99. The lowest BCUT2D eigenvalue weighted by Crippen LogP contribution is -2.44. The van der Waals surface area contributed by atoms with Gasteiger partial charge in [-0.15, -0.1) is 0 Å². The quantitative estimate of drug-likeness (QED) is 0.131. The second-order valence-corrected chi connectivity index (χ2v) is 10.6. The number of benzene rings is 1. The van der Waals surface area contributed by atoms with Gasteiger partial charge in [0.05, 0.1) is 27.9 Å². The molecule has 13 heteroatoms. The molecule has 0 radical (unpaired) electrons. The Kier molecular flexibility index (Phi) is 8.94. The molecule has 0 aliphatic carbocycles. The van der Waals surface area contributed by atoms with Crippen molar-refractivity contribution in [1.29, 1.82) is 10.8 Å². The number of piperidine rings is 1. The van der Waals surface area contributed by atoms with E-state index in [9.17, 15) is 14.7 Å². The minimum absolute atomic E-state index is 0.0974. The topological polar surface area (TPSA) is 184 Å². The van der Waals surface area contributed by atoms with E-state index in [0.29, 0.717) is 54.4 Å². The molecule has 2 heterocycles. The van der Waals surface area contributed by atoms with E-state index in [1.165, 1.54) is 16.3 Å². The Labute approximate surface area is 219 Å². The lowest BCUT2D eigenvalue weighted by Gasteiger charge is -2.36. The van der Waals surface area contributed by atoms with Crippen molar-refractivity contribution in [2.75, 3.05) is 38.5 Å². The number of hydrogen-bond acceptors (Lipinski definition) is 8. The number of likely N-dealkylation sites (tertiary alicyclic amines) is 1. The maximum absolute atomic E-state index is 12.0. The van der Waals surface area contributed by atoms with E-state index in [0.717, 1.165) is 10.3 Å². The van der Waals surface area contributed by atoms with E-state index in [-0.39, 0.29) is 24.5 Å². The summed E-state index contributed by atoms with van der Waals surface area (Å²) in [5.41, 5.74) is 1.73. The normalized spacial score (nSPS) is 16.2. The number of aliphatic imine (C=N–C) groups is 1. The number of thiazole rings is 1. The van der Waals surface area contributed by atoms with Crippen LogP contribution in [0, 0.1) is 16.2 Å². The van der Waals surface area contributed by atoms with Gasteiger partial charge in [-0.25, -0.2) is 19.8 Å². The van der Waals surface area contributed by atoms with Crippen molar-refractivity contribution in [3.8, 4) is 0 Å². The van der Waals surface area contributed by atoms with Crippen LogP contribution in [0.4, 0.5) is 9.93 Å². The van der Waals surface area contributed by atoms with Crippen molar-refractivity contribution in [2.24, 2.45) is 16.3 Å². The fourth-order valence-electron chi connectivity index (χ4n) is 4.01. The molecule has 0 bridgehead atoms. The van der Waals surface area contributed by atoms with Crippen LogP contribution in [0.2, 0.25) is 0 Å². The molecule has 1 aliphatic heterocycles. The molecule has 1 atom stereocenters. The molecule has 1 unspecified atom stereocenters. The summed E-state index contributed by atoms with van der Waals surface area (Å²) in [7, 11) is 1.69. The molecule has 1 aromatic carbocycles. The molecule has 2 amide bonds. The van der Waals surface area contributed by atoms with Crippen LogP contribution < -0.4 is 16.5 Å². The van der Waals surface area contributed by atoms with Gasteiger partial charge in [-0.05, 0) is 44.4 Å². The zero-order valence-corrected chi connectivity index (χ0v) is 22.4. The van der Waals surface area contributed by atoms with Gasteiger partial charge in [0.25, 0.3) is 0 Å². The number of rotatable bonds is 8. The van der Waals surface area contributed by atoms with Crippen LogP contribution >= 0.6 is 11.3 Å². The number of nitrogens with two attached hydrogens (primary N) is 1. The van der Waals surface area contributed by atoms with Crippen molar-refractivity contribution in [3.63, 3.8) is 0 Å². The van der Waals surface area contributed by atoms with Gasteiger partial charge in [0, 0.05) is 44.4 Å². The number of carboxylic acids is 1. The lowest BCUT2D eigenvalue weighted by atomic mass is 9.80. The minimum Gasteiger partial charge on any atom is -0.481 e. The maximum atomic E-state index is 12.0. The van der Waals surface area contributed by atoms with E-state index in [1.54, 1.807) is 25.1 Å². The number of guanidine groups is 1. The van der Waals surface area contributed by atoms with Crippen molar-refractivity contribution in [2.45, 2.75) is 39.5 Å². The molecular weight excluding hydrogens is 494 g/mol. The molecular formula is C24H35N9O3S. The van der Waals surface area contributed by atoms with Crippen LogP contribution in [-0.4, -0.2) is 83.1 Å². The van der Waals surface area contributed by atoms with E-state index >= 15 is 0 Å². The molecule has 3 rings (SSSR count). The fraction of sp³-hybridized carbons (Fsp3) is 0.500. The number of likely N-dealkylation sites (N-methyl/N-ethyl adjacent to an activating group) is 1. The SMILES string of the molecule is CCNC(=O)Nc1nc2cc(C(C)C=NC(=N)N3CCC(C)(C(=O)O)CC3)cc(C(=N)CN(C)N)c2s1. The number of carboxylic acid groups (broad SMARTS) is 1. The highest BCUT2D eigenvalue weighted by Gasteiger charge is 2.37. The first-order valence-corrected chi connectivity index (χ1v) is 12.9. The highest BCUT2D eigenvalue weighted by Crippen LogP contribution is 2.33. The number of carbonyl (C=O) groups is 2. The summed E-state index contributed by atoms with van der Waals surface area (Å²) >= 11 is 1.29. The van der Waals surface area contributed by atoms with Crippen molar-refractivity contribution < 1.29 is 14.7 Å². The second kappa shape index (κ2) is 11.8. The number of hydrogen-bond donors (Lipinski definition) is 6. The third-order valence-corrected chi connectivity index (χ3v) is 7.45. The van der Waals surface area contributed by atoms with Crippen LogP contribution in [0.1, 0.15) is 50.7 Å². The summed E-state index contributed by atoms with van der Waals surface area (Å²) in [6.45, 7) is 7.16. The number of anilines is 1. The average Bonchev–Trinajstić information content (AvgIpc) is 3.23. The largest absolute Gasteiger partial charge is 0.481 e. The summed E-state index contributed by atoms with van der Waals surface area (Å²) in [4.78, 5) is 34.2. The van der Waals surface area contributed by atoms with E-state index < -0.39 is 11.4 Å². The lowest BCUT2D eigenvalue weighted by molar-refractivity contribution is -0.150. The van der Waals surface area contributed by atoms with Gasteiger partial charge in [-0.1, -0.05) is 18.3 Å². The number of amides is 2. The van der Waals surface area contributed by atoms with Crippen LogP contribution in [-0.2, 0) is 4.79 Å². The molecule has 2 aromatic rings. The number of fused-ring (bicyclic) bond motifs is 1. The molecule has 1 aliphatic rings. The molecule has 12 nitrogen and oxygen atoms in total. The first-order valence-electron chi connectivity index (χ1n) is 12.1. The van der Waals surface area contributed by atoms with Crippen LogP contribution in [0.25, 0.3) is 10.2 Å². The molecule has 200 valence electrons. The Hall–Kier alpha value is -3.42. The Balaban J connectivity index is 1.83. The van der Waals surface area contributed by atoms with Gasteiger partial charge in [-0.2, -0.15) is 0 Å². The Morgan fingerprint density at radius 1 is 1.38 bits per heavy atom. The number of carbonyl (C=O) groups excluding carboxylic acids is 1. The predicted molar refractivity (Wildman–Crippen MR) is 147 cm³/mol. The summed E-state index contributed by atoms with van der Waals surface area (Å²) in [5, 5.41) is 33.7. The van der Waals surface area contributed by atoms with Gasteiger partial charge in [-0.3, -0.25) is 21.4 Å². The van der Waals surface area contributed by atoms with Gasteiger partial charge in [0.2, 0.25) is 5.96 Å². The minimum atomic E-state index is -0.806. The van der Waals surface area contributed by atoms with Gasteiger partial charge < -0.3 is 20.7 Å². The summed E-state index contributed by atoms with van der Waals surface area (Å²) in [6.07, 6.45) is 2.60. The zero-order chi connectivity index (χ0) is 27.3. The standard InChI is InChI=1S/C24H35N9O3S/c1-5-28-22(36)31-23-30-18-11-15(10-16(19(18)37-23)17(25)13-32(4)27)14(2)12-29-21(26)33-8-6-24(3,7-9-33)20(34)35/h10-12,14,25-26H,5-9,13,27H2,1-4H3,(H,34,35)(H2,28,30,31,36). The number of aliphatic carboxylic acids is 1. The highest BCUT2D eigenvalue weighted by atomic mass is 32.1. The first-order chi connectivity index (χ1) is 17.4. The summed E-state index contributed by atoms with van der Waals surface area (Å²) in [5.74, 6) is 4.89. The number of nitrogens with one attached hydrogen (secondary N) is 4. The first kappa shape index (κ1) is 28.2. The van der Waals surface area contributed by atoms with Crippen LogP contribution in [0.15, 0.2) is 17.1 Å². The maximum Gasteiger partial charge on any atom is 0.321 e. The third-order valence-electron chi connectivity index (χ3n) is 6.43. The van der Waals surface area contributed by atoms with Crippen LogP contribution in [0.3, 0.4) is 0 Å². The Morgan fingerprint density at radius 3 is 2.65 bits per heavy atom. The van der Waals surface area contributed by atoms with E-state index in [2.05, 4.69) is 20.6 Å². The average molecular weight is 530 g/mol. The van der Waals surface area contributed by atoms with E-state index in [1.807, 2.05) is 26.0 Å². The van der Waals surface area contributed by atoms with Crippen molar-refractivity contribution >= 4 is 56.6 Å². The van der Waals surface area contributed by atoms with Crippen LogP contribution in [0.5, 0.6) is 0 Å².